The summed E-state index contributed by atoms with van der Waals surface area (Å²) in [6.07, 6.45) is 1.48. The molecule has 8 heteroatoms. The highest BCUT2D eigenvalue weighted by Crippen LogP contribution is 2.26. The predicted octanol–water partition coefficient (Wildman–Crippen LogP) is 0.990. The Balaban J connectivity index is 2.32. The van der Waals surface area contributed by atoms with E-state index in [0.29, 0.717) is 0 Å². The Labute approximate surface area is 121 Å². The quantitative estimate of drug-likeness (QED) is 0.875. The lowest BCUT2D eigenvalue weighted by molar-refractivity contribution is 0.102. The summed E-state index contributed by atoms with van der Waals surface area (Å²) in [6.45, 7) is 0. The standard InChI is InChI=1S/C13H13N3O4S/c1-20-11-6-5-9(8-12(11)21(14,18)19)16-13(17)10-4-2-3-7-15-10/h2-8H,1H3,(H,16,17)(H2,14,18,19). The number of sulfonamides is 1. The molecule has 21 heavy (non-hydrogen) atoms. The van der Waals surface area contributed by atoms with Crippen molar-refractivity contribution in [1.82, 2.24) is 4.98 Å². The summed E-state index contributed by atoms with van der Waals surface area (Å²) in [7, 11) is -2.63. The Morgan fingerprint density at radius 1 is 1.29 bits per heavy atom. The van der Waals surface area contributed by atoms with Crippen molar-refractivity contribution in [3.05, 3.63) is 48.3 Å². The van der Waals surface area contributed by atoms with E-state index < -0.39 is 15.9 Å². The molecule has 0 saturated heterocycles. The second-order valence-electron chi connectivity index (χ2n) is 4.08. The van der Waals surface area contributed by atoms with E-state index in [-0.39, 0.29) is 22.0 Å². The van der Waals surface area contributed by atoms with Crippen molar-refractivity contribution >= 4 is 21.6 Å². The van der Waals surface area contributed by atoms with Gasteiger partial charge in [0.1, 0.15) is 16.3 Å². The lowest BCUT2D eigenvalue weighted by atomic mass is 10.2. The zero-order valence-corrected chi connectivity index (χ0v) is 11.9. The molecule has 3 N–H and O–H groups in total. The maximum Gasteiger partial charge on any atom is 0.274 e. The van der Waals surface area contributed by atoms with Crippen LogP contribution < -0.4 is 15.2 Å². The van der Waals surface area contributed by atoms with Crippen LogP contribution in [0.5, 0.6) is 5.75 Å². The maximum absolute atomic E-state index is 11.9. The molecule has 0 aliphatic carbocycles. The van der Waals surface area contributed by atoms with E-state index in [4.69, 9.17) is 9.88 Å². The molecule has 0 saturated carbocycles. The van der Waals surface area contributed by atoms with Gasteiger partial charge in [0, 0.05) is 11.9 Å². The number of aromatic nitrogens is 1. The van der Waals surface area contributed by atoms with E-state index in [1.54, 1.807) is 18.2 Å². The Bertz CT molecular complexity index is 760. The highest BCUT2D eigenvalue weighted by Gasteiger charge is 2.16. The summed E-state index contributed by atoms with van der Waals surface area (Å²) in [4.78, 5) is 15.6. The zero-order valence-electron chi connectivity index (χ0n) is 11.1. The number of pyridine rings is 1. The van der Waals surface area contributed by atoms with Crippen LogP contribution in [-0.2, 0) is 10.0 Å². The van der Waals surface area contributed by atoms with Crippen LogP contribution in [0.4, 0.5) is 5.69 Å². The van der Waals surface area contributed by atoms with Crippen molar-refractivity contribution in [1.29, 1.82) is 0 Å². The smallest absolute Gasteiger partial charge is 0.274 e. The molecule has 2 rings (SSSR count). The molecule has 2 aromatic rings. The molecule has 0 aliphatic heterocycles. The summed E-state index contributed by atoms with van der Waals surface area (Å²) in [6, 6.07) is 9.05. The number of ether oxygens (including phenoxy) is 1. The average Bonchev–Trinajstić information content (AvgIpc) is 2.47. The van der Waals surface area contributed by atoms with Gasteiger partial charge in [-0.15, -0.1) is 0 Å². The van der Waals surface area contributed by atoms with E-state index in [1.807, 2.05) is 0 Å². The average molecular weight is 307 g/mol. The number of amides is 1. The van der Waals surface area contributed by atoms with E-state index in [0.717, 1.165) is 0 Å². The van der Waals surface area contributed by atoms with E-state index in [1.165, 1.54) is 31.5 Å². The first-order valence-corrected chi connectivity index (χ1v) is 7.39. The lowest BCUT2D eigenvalue weighted by Gasteiger charge is -2.10. The van der Waals surface area contributed by atoms with Gasteiger partial charge >= 0.3 is 0 Å². The van der Waals surface area contributed by atoms with Crippen molar-refractivity contribution in [3.63, 3.8) is 0 Å². The number of carbonyl (C=O) groups excluding carboxylic acids is 1. The van der Waals surface area contributed by atoms with Crippen LogP contribution in [0, 0.1) is 0 Å². The molecular formula is C13H13N3O4S. The molecule has 1 aromatic heterocycles. The Kier molecular flexibility index (Phi) is 4.20. The molecule has 0 atom stereocenters. The largest absolute Gasteiger partial charge is 0.495 e. The van der Waals surface area contributed by atoms with Crippen molar-refractivity contribution in [3.8, 4) is 5.75 Å². The molecule has 110 valence electrons. The monoisotopic (exact) mass is 307 g/mol. The molecule has 0 bridgehead atoms. The van der Waals surface area contributed by atoms with Gasteiger partial charge in [-0.2, -0.15) is 0 Å². The normalized spacial score (nSPS) is 11.0. The van der Waals surface area contributed by atoms with Crippen molar-refractivity contribution < 1.29 is 17.9 Å². The highest BCUT2D eigenvalue weighted by molar-refractivity contribution is 7.89. The van der Waals surface area contributed by atoms with Gasteiger partial charge in [-0.1, -0.05) is 6.07 Å². The molecular weight excluding hydrogens is 294 g/mol. The van der Waals surface area contributed by atoms with E-state index in [2.05, 4.69) is 10.3 Å². The van der Waals surface area contributed by atoms with Crippen LogP contribution in [0.25, 0.3) is 0 Å². The van der Waals surface area contributed by atoms with Gasteiger partial charge in [0.05, 0.1) is 7.11 Å². The number of benzene rings is 1. The molecule has 0 fully saturated rings. The minimum absolute atomic E-state index is 0.105. The van der Waals surface area contributed by atoms with Crippen molar-refractivity contribution in [2.45, 2.75) is 4.90 Å². The first-order valence-electron chi connectivity index (χ1n) is 5.85. The first-order chi connectivity index (χ1) is 9.91. The SMILES string of the molecule is COc1ccc(NC(=O)c2ccccn2)cc1S(N)(=O)=O. The number of nitrogens with one attached hydrogen (secondary N) is 1. The van der Waals surface area contributed by atoms with E-state index in [9.17, 15) is 13.2 Å². The Morgan fingerprint density at radius 3 is 2.62 bits per heavy atom. The van der Waals surface area contributed by atoms with E-state index >= 15 is 0 Å². The highest BCUT2D eigenvalue weighted by atomic mass is 32.2. The molecule has 1 aromatic carbocycles. The molecule has 0 unspecified atom stereocenters. The van der Waals surface area contributed by atoms with Gasteiger partial charge in [0.15, 0.2) is 0 Å². The summed E-state index contributed by atoms with van der Waals surface area (Å²) in [5.41, 5.74) is 0.487. The van der Waals surface area contributed by atoms with Crippen LogP contribution in [0.15, 0.2) is 47.5 Å². The van der Waals surface area contributed by atoms with Crippen LogP contribution in [0.2, 0.25) is 0 Å². The summed E-state index contributed by atoms with van der Waals surface area (Å²) in [5, 5.41) is 7.66. The fraction of sp³-hybridized carbons (Fsp3) is 0.0769. The number of nitrogens with two attached hydrogens (primary N) is 1. The first kappa shape index (κ1) is 14.9. The van der Waals surface area contributed by atoms with Crippen LogP contribution >= 0.6 is 0 Å². The number of rotatable bonds is 4. The zero-order chi connectivity index (χ0) is 15.5. The Hall–Kier alpha value is -2.45. The van der Waals surface area contributed by atoms with Crippen molar-refractivity contribution in [2.75, 3.05) is 12.4 Å². The lowest BCUT2D eigenvalue weighted by Crippen LogP contribution is -2.16. The third-order valence-electron chi connectivity index (χ3n) is 2.63. The topological polar surface area (TPSA) is 111 Å². The van der Waals surface area contributed by atoms with Gasteiger partial charge in [-0.3, -0.25) is 9.78 Å². The van der Waals surface area contributed by atoms with Gasteiger partial charge in [0.2, 0.25) is 10.0 Å². The minimum Gasteiger partial charge on any atom is -0.495 e. The summed E-state index contributed by atoms with van der Waals surface area (Å²) in [5.74, 6) is -0.352. The minimum atomic E-state index is -3.96. The number of hydrogen-bond acceptors (Lipinski definition) is 5. The molecule has 1 heterocycles. The number of carbonyl (C=O) groups is 1. The fourth-order valence-electron chi connectivity index (χ4n) is 1.67. The van der Waals surface area contributed by atoms with Gasteiger partial charge in [0.25, 0.3) is 5.91 Å². The van der Waals surface area contributed by atoms with Gasteiger partial charge < -0.3 is 10.1 Å². The third-order valence-corrected chi connectivity index (χ3v) is 3.56. The van der Waals surface area contributed by atoms with Gasteiger partial charge in [-0.25, -0.2) is 13.6 Å². The van der Waals surface area contributed by atoms with Gasteiger partial charge in [-0.05, 0) is 30.3 Å². The van der Waals surface area contributed by atoms with Crippen LogP contribution in [-0.4, -0.2) is 26.4 Å². The second kappa shape index (κ2) is 5.90. The number of methoxy groups -OCH3 is 1. The predicted molar refractivity (Wildman–Crippen MR) is 76.6 cm³/mol. The Morgan fingerprint density at radius 2 is 2.05 bits per heavy atom. The summed E-state index contributed by atoms with van der Waals surface area (Å²) < 4.78 is 27.9. The molecule has 0 spiro atoms. The maximum atomic E-state index is 11.9. The molecule has 0 radical (unpaired) electrons. The number of primary sulfonamides is 1. The summed E-state index contributed by atoms with van der Waals surface area (Å²) >= 11 is 0. The number of hydrogen-bond donors (Lipinski definition) is 2. The molecule has 0 aliphatic rings. The molecule has 1 amide bonds. The molecule has 7 nitrogen and oxygen atoms in total. The van der Waals surface area contributed by atoms with Crippen molar-refractivity contribution in [2.24, 2.45) is 5.14 Å². The second-order valence-corrected chi connectivity index (χ2v) is 5.61. The fourth-order valence-corrected chi connectivity index (χ4v) is 2.39. The third kappa shape index (κ3) is 3.56. The number of anilines is 1. The van der Waals surface area contributed by atoms with Crippen LogP contribution in [0.3, 0.4) is 0 Å². The van der Waals surface area contributed by atoms with Crippen LogP contribution in [0.1, 0.15) is 10.5 Å². The number of nitrogens with zero attached hydrogens (tertiary/aromatic N) is 1.